The second-order valence-electron chi connectivity index (χ2n) is 9.44. The molecule has 1 amide bonds. The molecule has 1 fully saturated rings. The standard InChI is InChI=1S/C27H31N3O3S/c1-27(2,26(32)33)15-12-25-28-18-24(34-25)22-8-10-23(11-9-22)30(19-31)29-16-13-21(14-17-29)20-6-4-3-5-7-20/h3-11,18-19,21H,12-17H2,1-2H3,(H,32,33). The van der Waals surface area contributed by atoms with Gasteiger partial charge in [0.1, 0.15) is 0 Å². The highest BCUT2D eigenvalue weighted by molar-refractivity contribution is 7.15. The minimum Gasteiger partial charge on any atom is -0.481 e. The zero-order valence-corrected chi connectivity index (χ0v) is 20.5. The fourth-order valence-electron chi connectivity index (χ4n) is 4.29. The number of amides is 1. The maximum absolute atomic E-state index is 11.9. The van der Waals surface area contributed by atoms with E-state index in [0.717, 1.165) is 53.5 Å². The van der Waals surface area contributed by atoms with E-state index in [1.165, 1.54) is 5.56 Å². The minimum atomic E-state index is -0.788. The molecule has 178 valence electrons. The Hall–Kier alpha value is -3.03. The van der Waals surface area contributed by atoms with Crippen molar-refractivity contribution in [3.63, 3.8) is 0 Å². The number of rotatable bonds is 9. The molecule has 1 saturated heterocycles. The van der Waals surface area contributed by atoms with Gasteiger partial charge in [0.25, 0.3) is 0 Å². The van der Waals surface area contributed by atoms with Gasteiger partial charge < -0.3 is 5.11 Å². The van der Waals surface area contributed by atoms with E-state index in [2.05, 4.69) is 34.3 Å². The Balaban J connectivity index is 1.38. The summed E-state index contributed by atoms with van der Waals surface area (Å²) in [6.07, 6.45) is 5.97. The second kappa shape index (κ2) is 10.5. The lowest BCUT2D eigenvalue weighted by atomic mass is 9.88. The number of aliphatic carboxylic acids is 1. The first-order valence-corrected chi connectivity index (χ1v) is 12.5. The van der Waals surface area contributed by atoms with Gasteiger partial charge in [0.2, 0.25) is 6.41 Å². The molecule has 6 nitrogen and oxygen atoms in total. The molecular formula is C27H31N3O3S. The lowest BCUT2D eigenvalue weighted by Gasteiger charge is -2.37. The number of benzene rings is 2. The van der Waals surface area contributed by atoms with Crippen molar-refractivity contribution >= 4 is 29.4 Å². The number of nitrogens with zero attached hydrogens (tertiary/aromatic N) is 3. The Labute approximate surface area is 204 Å². The van der Waals surface area contributed by atoms with Crippen molar-refractivity contribution in [2.45, 2.75) is 45.4 Å². The Kier molecular flexibility index (Phi) is 7.44. The molecule has 0 saturated carbocycles. The van der Waals surface area contributed by atoms with Crippen LogP contribution in [0.15, 0.2) is 60.8 Å². The number of carbonyl (C=O) groups excluding carboxylic acids is 1. The summed E-state index contributed by atoms with van der Waals surface area (Å²) in [5.41, 5.74) is 2.50. The maximum atomic E-state index is 11.9. The van der Waals surface area contributed by atoms with Gasteiger partial charge in [-0.3, -0.25) is 9.59 Å². The highest BCUT2D eigenvalue weighted by Crippen LogP contribution is 2.32. The fraction of sp³-hybridized carbons (Fsp3) is 0.370. The summed E-state index contributed by atoms with van der Waals surface area (Å²) in [6, 6.07) is 18.6. The third-order valence-corrected chi connectivity index (χ3v) is 7.77. The van der Waals surface area contributed by atoms with E-state index >= 15 is 0 Å². The average Bonchev–Trinajstić information content (AvgIpc) is 3.34. The van der Waals surface area contributed by atoms with Crippen LogP contribution in [0.2, 0.25) is 0 Å². The van der Waals surface area contributed by atoms with Gasteiger partial charge in [0.15, 0.2) is 0 Å². The molecule has 2 heterocycles. The van der Waals surface area contributed by atoms with E-state index in [-0.39, 0.29) is 0 Å². The lowest BCUT2D eigenvalue weighted by molar-refractivity contribution is -0.147. The highest BCUT2D eigenvalue weighted by atomic mass is 32.1. The number of anilines is 1. The van der Waals surface area contributed by atoms with Crippen LogP contribution in [0.3, 0.4) is 0 Å². The molecule has 0 bridgehead atoms. The Morgan fingerprint density at radius 3 is 2.44 bits per heavy atom. The van der Waals surface area contributed by atoms with Crippen LogP contribution in [0.1, 0.15) is 49.6 Å². The van der Waals surface area contributed by atoms with E-state index in [9.17, 15) is 14.7 Å². The van der Waals surface area contributed by atoms with Gasteiger partial charge in [0.05, 0.1) is 21.0 Å². The van der Waals surface area contributed by atoms with Crippen molar-refractivity contribution in [1.29, 1.82) is 0 Å². The molecule has 1 N–H and O–H groups in total. The lowest BCUT2D eigenvalue weighted by Crippen LogP contribution is -2.46. The van der Waals surface area contributed by atoms with Crippen LogP contribution < -0.4 is 5.01 Å². The zero-order valence-electron chi connectivity index (χ0n) is 19.7. The summed E-state index contributed by atoms with van der Waals surface area (Å²) in [7, 11) is 0. The summed E-state index contributed by atoms with van der Waals surface area (Å²) in [5.74, 6) is -0.251. The summed E-state index contributed by atoms with van der Waals surface area (Å²) < 4.78 is 0. The molecule has 34 heavy (non-hydrogen) atoms. The van der Waals surface area contributed by atoms with E-state index in [1.54, 1.807) is 30.2 Å². The Morgan fingerprint density at radius 1 is 1.15 bits per heavy atom. The molecule has 0 radical (unpaired) electrons. The fourth-order valence-corrected chi connectivity index (χ4v) is 5.22. The number of piperidine rings is 1. The number of carbonyl (C=O) groups is 2. The molecule has 4 rings (SSSR count). The third kappa shape index (κ3) is 5.54. The van der Waals surface area contributed by atoms with Gasteiger partial charge in [-0.05, 0) is 62.3 Å². The number of aromatic nitrogens is 1. The van der Waals surface area contributed by atoms with Crippen molar-refractivity contribution in [2.75, 3.05) is 18.1 Å². The first-order chi connectivity index (χ1) is 16.4. The third-order valence-electron chi connectivity index (χ3n) is 6.66. The summed E-state index contributed by atoms with van der Waals surface area (Å²) >= 11 is 1.59. The van der Waals surface area contributed by atoms with Gasteiger partial charge in [0, 0.05) is 25.7 Å². The SMILES string of the molecule is CC(C)(CCc1ncc(-c2ccc(N(C=O)N3CCC(c4ccccc4)CC3)cc2)s1)C(=O)O. The van der Waals surface area contributed by atoms with Crippen molar-refractivity contribution < 1.29 is 14.7 Å². The van der Waals surface area contributed by atoms with E-state index < -0.39 is 11.4 Å². The van der Waals surface area contributed by atoms with Crippen molar-refractivity contribution in [1.82, 2.24) is 9.99 Å². The average molecular weight is 478 g/mol. The summed E-state index contributed by atoms with van der Waals surface area (Å²) in [6.45, 7) is 5.16. The molecule has 0 unspecified atom stereocenters. The topological polar surface area (TPSA) is 73.7 Å². The van der Waals surface area contributed by atoms with Crippen LogP contribution in [0.25, 0.3) is 10.4 Å². The zero-order chi connectivity index (χ0) is 24.1. The van der Waals surface area contributed by atoms with Crippen LogP contribution in [-0.2, 0) is 16.0 Å². The number of hydrogen-bond acceptors (Lipinski definition) is 5. The maximum Gasteiger partial charge on any atom is 0.309 e. The predicted molar refractivity (Wildman–Crippen MR) is 136 cm³/mol. The smallest absolute Gasteiger partial charge is 0.309 e. The van der Waals surface area contributed by atoms with Gasteiger partial charge in [-0.1, -0.05) is 42.5 Å². The van der Waals surface area contributed by atoms with Gasteiger partial charge in [-0.2, -0.15) is 0 Å². The molecule has 7 heteroatoms. The molecule has 1 aromatic heterocycles. The number of hydrogen-bond donors (Lipinski definition) is 1. The van der Waals surface area contributed by atoms with E-state index in [0.29, 0.717) is 18.8 Å². The van der Waals surface area contributed by atoms with Crippen LogP contribution in [0.4, 0.5) is 5.69 Å². The number of thiazole rings is 1. The molecule has 0 spiro atoms. The van der Waals surface area contributed by atoms with Crippen LogP contribution in [0, 0.1) is 5.41 Å². The first-order valence-electron chi connectivity index (χ1n) is 11.7. The van der Waals surface area contributed by atoms with Crippen molar-refractivity contribution in [3.8, 4) is 10.4 Å². The summed E-state index contributed by atoms with van der Waals surface area (Å²) in [5, 5.41) is 14.1. The van der Waals surface area contributed by atoms with Crippen LogP contribution in [-0.4, -0.2) is 40.6 Å². The summed E-state index contributed by atoms with van der Waals surface area (Å²) in [4.78, 5) is 28.8. The monoisotopic (exact) mass is 477 g/mol. The Morgan fingerprint density at radius 2 is 1.82 bits per heavy atom. The first kappa shape index (κ1) is 24.1. The van der Waals surface area contributed by atoms with Crippen LogP contribution in [0.5, 0.6) is 0 Å². The van der Waals surface area contributed by atoms with E-state index in [4.69, 9.17) is 0 Å². The number of carboxylic acids is 1. The molecule has 1 aliphatic rings. The molecule has 0 atom stereocenters. The van der Waals surface area contributed by atoms with Crippen molar-refractivity contribution in [2.24, 2.45) is 5.41 Å². The number of carboxylic acid groups (broad SMARTS) is 1. The van der Waals surface area contributed by atoms with E-state index in [1.807, 2.05) is 36.5 Å². The molecule has 2 aromatic carbocycles. The molecule has 1 aliphatic heterocycles. The molecule has 0 aliphatic carbocycles. The largest absolute Gasteiger partial charge is 0.481 e. The van der Waals surface area contributed by atoms with Gasteiger partial charge >= 0.3 is 5.97 Å². The second-order valence-corrected chi connectivity index (χ2v) is 10.6. The molecular weight excluding hydrogens is 446 g/mol. The minimum absolute atomic E-state index is 0.537. The molecule has 3 aromatic rings. The Bertz CT molecular complexity index is 1100. The number of hydrazine groups is 1. The normalized spacial score (nSPS) is 15.2. The highest BCUT2D eigenvalue weighted by Gasteiger charge is 2.27. The van der Waals surface area contributed by atoms with Gasteiger partial charge in [-0.15, -0.1) is 11.3 Å². The predicted octanol–water partition coefficient (Wildman–Crippen LogP) is 5.61. The number of aryl methyl sites for hydroxylation is 1. The van der Waals surface area contributed by atoms with Crippen molar-refractivity contribution in [3.05, 3.63) is 71.4 Å². The van der Waals surface area contributed by atoms with Gasteiger partial charge in [-0.25, -0.2) is 15.0 Å². The van der Waals surface area contributed by atoms with Crippen LogP contribution >= 0.6 is 11.3 Å². The quantitative estimate of drug-likeness (QED) is 0.406.